The molecule has 0 aliphatic heterocycles. The van der Waals surface area contributed by atoms with Crippen molar-refractivity contribution in [3.63, 3.8) is 0 Å². The molecule has 4 nitrogen and oxygen atoms in total. The van der Waals surface area contributed by atoms with Crippen LogP contribution in [0.5, 0.6) is 5.75 Å². The molecule has 19 heavy (non-hydrogen) atoms. The van der Waals surface area contributed by atoms with Crippen molar-refractivity contribution < 1.29 is 9.63 Å². The second-order valence-electron chi connectivity index (χ2n) is 4.94. The van der Waals surface area contributed by atoms with Crippen molar-refractivity contribution in [1.29, 1.82) is 0 Å². The smallest absolute Gasteiger partial charge is 0.173 e. The summed E-state index contributed by atoms with van der Waals surface area (Å²) in [4.78, 5) is 0. The Morgan fingerprint density at radius 2 is 2.00 bits per heavy atom. The number of aromatic hydroxyl groups is 1. The van der Waals surface area contributed by atoms with Crippen LogP contribution >= 0.6 is 15.9 Å². The zero-order valence-electron chi connectivity index (χ0n) is 10.7. The molecule has 3 rings (SSSR count). The van der Waals surface area contributed by atoms with Gasteiger partial charge in [0.2, 0.25) is 0 Å². The van der Waals surface area contributed by atoms with Gasteiger partial charge in [-0.1, -0.05) is 5.16 Å². The number of fused-ring (bicyclic) bond motifs is 1. The fourth-order valence-electron chi connectivity index (χ4n) is 2.85. The zero-order valence-corrected chi connectivity index (χ0v) is 12.2. The molecule has 0 spiro atoms. The fraction of sp³-hybridized carbons (Fsp3) is 0.357. The highest BCUT2D eigenvalue weighted by Crippen LogP contribution is 2.45. The Labute approximate surface area is 119 Å². The van der Waals surface area contributed by atoms with E-state index in [-0.39, 0.29) is 5.75 Å². The van der Waals surface area contributed by atoms with Gasteiger partial charge in [-0.15, -0.1) is 0 Å². The number of aromatic nitrogens is 1. The molecule has 0 saturated heterocycles. The van der Waals surface area contributed by atoms with Crippen molar-refractivity contribution in [2.75, 3.05) is 5.73 Å². The summed E-state index contributed by atoms with van der Waals surface area (Å²) < 4.78 is 5.98. The van der Waals surface area contributed by atoms with Gasteiger partial charge in [0.1, 0.15) is 5.75 Å². The molecule has 0 radical (unpaired) electrons. The molecule has 3 N–H and O–H groups in total. The second-order valence-corrected chi connectivity index (χ2v) is 5.74. The van der Waals surface area contributed by atoms with Crippen LogP contribution in [0.4, 0.5) is 5.82 Å². The standard InChI is InChI=1S/C14H15BrN2O2/c1-7-8-4-2-3-5-9(8)13(15)14(18)12(7)10-6-11(16)17-19-10/h6,18H,2-5H2,1H3,(H2,16,17). The summed E-state index contributed by atoms with van der Waals surface area (Å²) in [5.41, 5.74) is 9.87. The van der Waals surface area contributed by atoms with E-state index in [4.69, 9.17) is 10.3 Å². The molecule has 0 unspecified atom stereocenters. The van der Waals surface area contributed by atoms with Crippen molar-refractivity contribution in [3.8, 4) is 17.1 Å². The van der Waals surface area contributed by atoms with E-state index in [0.717, 1.165) is 22.9 Å². The molecule has 0 atom stereocenters. The van der Waals surface area contributed by atoms with E-state index < -0.39 is 0 Å². The first kappa shape index (κ1) is 12.5. The van der Waals surface area contributed by atoms with E-state index in [1.165, 1.54) is 24.0 Å². The molecule has 0 saturated carbocycles. The Hall–Kier alpha value is -1.49. The lowest BCUT2D eigenvalue weighted by Crippen LogP contribution is -2.07. The van der Waals surface area contributed by atoms with Crippen molar-refractivity contribution in [3.05, 3.63) is 27.2 Å². The van der Waals surface area contributed by atoms with Crippen LogP contribution in [-0.2, 0) is 12.8 Å². The first-order valence-corrected chi connectivity index (χ1v) is 7.14. The number of halogens is 1. The predicted octanol–water partition coefficient (Wildman–Crippen LogP) is 3.58. The summed E-state index contributed by atoms with van der Waals surface area (Å²) in [7, 11) is 0. The van der Waals surface area contributed by atoms with Crippen molar-refractivity contribution >= 4 is 21.7 Å². The number of rotatable bonds is 1. The maximum absolute atomic E-state index is 10.4. The highest BCUT2D eigenvalue weighted by atomic mass is 79.9. The van der Waals surface area contributed by atoms with Crippen LogP contribution in [0, 0.1) is 6.92 Å². The van der Waals surface area contributed by atoms with Gasteiger partial charge in [0.05, 0.1) is 10.0 Å². The van der Waals surface area contributed by atoms with E-state index in [9.17, 15) is 5.11 Å². The molecule has 0 fully saturated rings. The Kier molecular flexibility index (Phi) is 3.01. The van der Waals surface area contributed by atoms with Gasteiger partial charge < -0.3 is 15.4 Å². The minimum Gasteiger partial charge on any atom is -0.506 e. The van der Waals surface area contributed by atoms with Gasteiger partial charge in [-0.3, -0.25) is 0 Å². The molecule has 1 aliphatic rings. The second kappa shape index (κ2) is 4.56. The van der Waals surface area contributed by atoms with Gasteiger partial charge >= 0.3 is 0 Å². The third-order valence-corrected chi connectivity index (χ3v) is 4.63. The van der Waals surface area contributed by atoms with Crippen molar-refractivity contribution in [2.24, 2.45) is 0 Å². The summed E-state index contributed by atoms with van der Waals surface area (Å²) in [6.07, 6.45) is 4.39. The van der Waals surface area contributed by atoms with E-state index in [0.29, 0.717) is 17.1 Å². The maximum atomic E-state index is 10.4. The van der Waals surface area contributed by atoms with Crippen LogP contribution in [-0.4, -0.2) is 10.3 Å². The van der Waals surface area contributed by atoms with Gasteiger partial charge in [0, 0.05) is 6.07 Å². The summed E-state index contributed by atoms with van der Waals surface area (Å²) >= 11 is 3.51. The zero-order chi connectivity index (χ0) is 13.6. The number of phenols is 1. The van der Waals surface area contributed by atoms with Crippen LogP contribution in [0.15, 0.2) is 15.1 Å². The Bertz CT molecular complexity index is 649. The molecule has 1 aromatic heterocycles. The molecular weight excluding hydrogens is 308 g/mol. The lowest BCUT2D eigenvalue weighted by atomic mass is 9.85. The molecule has 1 heterocycles. The summed E-state index contributed by atoms with van der Waals surface area (Å²) in [5, 5.41) is 14.1. The number of benzene rings is 1. The van der Waals surface area contributed by atoms with Gasteiger partial charge in [-0.05, 0) is 65.2 Å². The largest absolute Gasteiger partial charge is 0.506 e. The molecule has 100 valence electrons. The highest BCUT2D eigenvalue weighted by Gasteiger charge is 2.24. The van der Waals surface area contributed by atoms with E-state index in [1.807, 2.05) is 6.92 Å². The van der Waals surface area contributed by atoms with Gasteiger partial charge in [-0.25, -0.2) is 0 Å². The van der Waals surface area contributed by atoms with Crippen molar-refractivity contribution in [2.45, 2.75) is 32.6 Å². The average Bonchev–Trinajstić information content (AvgIpc) is 2.83. The minimum absolute atomic E-state index is 0.217. The summed E-state index contributed by atoms with van der Waals surface area (Å²) in [5.74, 6) is 1.05. The molecule has 1 aromatic carbocycles. The highest BCUT2D eigenvalue weighted by molar-refractivity contribution is 9.10. The summed E-state index contributed by atoms with van der Waals surface area (Å²) in [6.45, 7) is 2.02. The monoisotopic (exact) mass is 322 g/mol. The van der Waals surface area contributed by atoms with Crippen LogP contribution in [0.1, 0.15) is 29.5 Å². The first-order valence-electron chi connectivity index (χ1n) is 6.35. The maximum Gasteiger partial charge on any atom is 0.173 e. The first-order chi connectivity index (χ1) is 9.09. The Morgan fingerprint density at radius 1 is 1.32 bits per heavy atom. The average molecular weight is 323 g/mol. The number of anilines is 1. The summed E-state index contributed by atoms with van der Waals surface area (Å²) in [6, 6.07) is 1.64. The Morgan fingerprint density at radius 3 is 2.63 bits per heavy atom. The third-order valence-electron chi connectivity index (χ3n) is 3.78. The molecule has 1 aliphatic carbocycles. The predicted molar refractivity (Wildman–Crippen MR) is 77.1 cm³/mol. The van der Waals surface area contributed by atoms with Crippen LogP contribution in [0.25, 0.3) is 11.3 Å². The number of nitrogens with zero attached hydrogens (tertiary/aromatic N) is 1. The van der Waals surface area contributed by atoms with Crippen LogP contribution in [0.3, 0.4) is 0 Å². The van der Waals surface area contributed by atoms with Crippen LogP contribution < -0.4 is 5.73 Å². The normalized spacial score (nSPS) is 14.4. The van der Waals surface area contributed by atoms with Crippen LogP contribution in [0.2, 0.25) is 0 Å². The number of nitrogen functional groups attached to an aromatic ring is 1. The number of nitrogens with two attached hydrogens (primary N) is 1. The third kappa shape index (κ3) is 1.92. The van der Waals surface area contributed by atoms with E-state index >= 15 is 0 Å². The lowest BCUT2D eigenvalue weighted by Gasteiger charge is -2.22. The number of hydrogen-bond donors (Lipinski definition) is 2. The minimum atomic E-state index is 0.217. The molecule has 0 amide bonds. The van der Waals surface area contributed by atoms with Crippen molar-refractivity contribution in [1.82, 2.24) is 5.16 Å². The van der Waals surface area contributed by atoms with Gasteiger partial charge in [0.15, 0.2) is 11.6 Å². The molecular formula is C14H15BrN2O2. The Balaban J connectivity index is 2.28. The number of phenolic OH excluding ortho intramolecular Hbond substituents is 1. The van der Waals surface area contributed by atoms with Gasteiger partial charge in [-0.2, -0.15) is 0 Å². The fourth-order valence-corrected chi connectivity index (χ4v) is 3.49. The molecule has 0 bridgehead atoms. The lowest BCUT2D eigenvalue weighted by molar-refractivity contribution is 0.427. The topological polar surface area (TPSA) is 72.3 Å². The van der Waals surface area contributed by atoms with E-state index in [2.05, 4.69) is 21.1 Å². The SMILES string of the molecule is Cc1c2c(c(Br)c(O)c1-c1cc(N)no1)CCCC2. The van der Waals surface area contributed by atoms with E-state index in [1.54, 1.807) is 6.07 Å². The number of hydrogen-bond acceptors (Lipinski definition) is 4. The molecule has 2 aromatic rings. The van der Waals surface area contributed by atoms with Gasteiger partial charge in [0.25, 0.3) is 0 Å². The quantitative estimate of drug-likeness (QED) is 0.841. The molecule has 5 heteroatoms.